The van der Waals surface area contributed by atoms with Crippen molar-refractivity contribution < 1.29 is 9.59 Å². The molecule has 1 heterocycles. The van der Waals surface area contributed by atoms with Gasteiger partial charge < -0.3 is 10.6 Å². The Morgan fingerprint density at radius 3 is 2.88 bits per heavy atom. The standard InChI is InChI=1S/C18H19N3O2S/c1-2-10-19-18-21-17(23)15(24-18)11-16(22)20-14-9-5-7-12-6-3-4-8-13(12)14/h3-9,15H,2,10-11H2,1H3,(H,20,22)(H,19,21,23)/t15-/m1/s1. The van der Waals surface area contributed by atoms with E-state index in [0.717, 1.165) is 22.9 Å². The van der Waals surface area contributed by atoms with Gasteiger partial charge in [-0.2, -0.15) is 0 Å². The Bertz CT molecular complexity index is 798. The summed E-state index contributed by atoms with van der Waals surface area (Å²) in [4.78, 5) is 28.6. The van der Waals surface area contributed by atoms with Gasteiger partial charge in [-0.15, -0.1) is 0 Å². The number of benzene rings is 2. The highest BCUT2D eigenvalue weighted by Crippen LogP contribution is 2.25. The predicted molar refractivity (Wildman–Crippen MR) is 99.3 cm³/mol. The largest absolute Gasteiger partial charge is 0.325 e. The molecule has 0 radical (unpaired) electrons. The van der Waals surface area contributed by atoms with Gasteiger partial charge in [0.05, 0.1) is 0 Å². The first-order valence-corrected chi connectivity index (χ1v) is 8.85. The van der Waals surface area contributed by atoms with E-state index in [9.17, 15) is 9.59 Å². The molecule has 0 saturated carbocycles. The fourth-order valence-corrected chi connectivity index (χ4v) is 3.53. The molecule has 0 aromatic heterocycles. The molecule has 2 N–H and O–H groups in total. The highest BCUT2D eigenvalue weighted by Gasteiger charge is 2.31. The van der Waals surface area contributed by atoms with Crippen LogP contribution in [0.1, 0.15) is 19.8 Å². The highest BCUT2D eigenvalue weighted by atomic mass is 32.2. The van der Waals surface area contributed by atoms with E-state index in [-0.39, 0.29) is 18.2 Å². The third-order valence-corrected chi connectivity index (χ3v) is 4.81. The summed E-state index contributed by atoms with van der Waals surface area (Å²) in [5.41, 5.74) is 0.765. The van der Waals surface area contributed by atoms with Crippen molar-refractivity contribution in [2.75, 3.05) is 11.9 Å². The molecule has 0 aliphatic carbocycles. The van der Waals surface area contributed by atoms with Crippen LogP contribution in [-0.2, 0) is 9.59 Å². The van der Waals surface area contributed by atoms with E-state index in [1.165, 1.54) is 11.8 Å². The molecule has 5 nitrogen and oxygen atoms in total. The van der Waals surface area contributed by atoms with Crippen LogP contribution in [0.15, 0.2) is 47.5 Å². The Morgan fingerprint density at radius 2 is 2.04 bits per heavy atom. The summed E-state index contributed by atoms with van der Waals surface area (Å²) in [6.45, 7) is 2.71. The Labute approximate surface area is 144 Å². The third kappa shape index (κ3) is 3.76. The first kappa shape index (κ1) is 16.5. The zero-order chi connectivity index (χ0) is 16.9. The minimum atomic E-state index is -0.421. The second-order valence-corrected chi connectivity index (χ2v) is 6.75. The smallest absolute Gasteiger partial charge is 0.240 e. The van der Waals surface area contributed by atoms with Gasteiger partial charge in [-0.1, -0.05) is 55.1 Å². The molecule has 1 aliphatic rings. The molecule has 1 aliphatic heterocycles. The number of amidine groups is 1. The molecular formula is C18H19N3O2S. The summed E-state index contributed by atoms with van der Waals surface area (Å²) in [6.07, 6.45) is 1.05. The Kier molecular flexibility index (Phi) is 5.15. The Balaban J connectivity index is 1.66. The number of hydrogen-bond donors (Lipinski definition) is 2. The van der Waals surface area contributed by atoms with Gasteiger partial charge in [0.1, 0.15) is 5.25 Å². The molecule has 0 unspecified atom stereocenters. The number of carbonyl (C=O) groups is 2. The molecule has 0 spiro atoms. The summed E-state index contributed by atoms with van der Waals surface area (Å²) in [5, 5.41) is 7.90. The Hall–Kier alpha value is -2.34. The first-order chi connectivity index (χ1) is 11.7. The monoisotopic (exact) mass is 341 g/mol. The van der Waals surface area contributed by atoms with Gasteiger partial charge in [0.15, 0.2) is 5.17 Å². The van der Waals surface area contributed by atoms with Crippen molar-refractivity contribution in [1.29, 1.82) is 0 Å². The molecule has 24 heavy (non-hydrogen) atoms. The van der Waals surface area contributed by atoms with Gasteiger partial charge in [-0.3, -0.25) is 14.6 Å². The topological polar surface area (TPSA) is 70.6 Å². The maximum atomic E-state index is 12.3. The quantitative estimate of drug-likeness (QED) is 0.877. The van der Waals surface area contributed by atoms with E-state index in [0.29, 0.717) is 11.7 Å². The number of rotatable bonds is 5. The van der Waals surface area contributed by atoms with Crippen molar-refractivity contribution in [3.05, 3.63) is 42.5 Å². The van der Waals surface area contributed by atoms with Gasteiger partial charge in [0, 0.05) is 24.0 Å². The number of aliphatic imine (C=N–C) groups is 1. The summed E-state index contributed by atoms with van der Waals surface area (Å²) in [5.74, 6) is -0.321. The van der Waals surface area contributed by atoms with E-state index < -0.39 is 5.25 Å². The van der Waals surface area contributed by atoms with E-state index in [1.807, 2.05) is 49.4 Å². The summed E-state index contributed by atoms with van der Waals surface area (Å²) < 4.78 is 0. The molecule has 6 heteroatoms. The fraction of sp³-hybridized carbons (Fsp3) is 0.278. The van der Waals surface area contributed by atoms with Crippen LogP contribution in [0.2, 0.25) is 0 Å². The molecule has 2 amide bonds. The number of nitrogens with zero attached hydrogens (tertiary/aromatic N) is 1. The predicted octanol–water partition coefficient (Wildman–Crippen LogP) is 3.17. The summed E-state index contributed by atoms with van der Waals surface area (Å²) >= 11 is 1.33. The van der Waals surface area contributed by atoms with Crippen molar-refractivity contribution >= 4 is 45.2 Å². The second-order valence-electron chi connectivity index (χ2n) is 5.56. The third-order valence-electron chi connectivity index (χ3n) is 3.69. The van der Waals surface area contributed by atoms with Crippen LogP contribution in [0, 0.1) is 0 Å². The number of fused-ring (bicyclic) bond motifs is 1. The summed E-state index contributed by atoms with van der Waals surface area (Å²) in [6, 6.07) is 13.7. The lowest BCUT2D eigenvalue weighted by Gasteiger charge is -2.10. The SMILES string of the molecule is CCCN=C1NC(=O)[C@@H](CC(=O)Nc2cccc3ccccc23)S1. The van der Waals surface area contributed by atoms with Crippen molar-refractivity contribution in [3.63, 3.8) is 0 Å². The van der Waals surface area contributed by atoms with Gasteiger partial charge in [0.25, 0.3) is 0 Å². The van der Waals surface area contributed by atoms with Gasteiger partial charge >= 0.3 is 0 Å². The van der Waals surface area contributed by atoms with Crippen molar-refractivity contribution in [3.8, 4) is 0 Å². The average molecular weight is 341 g/mol. The van der Waals surface area contributed by atoms with Crippen LogP contribution >= 0.6 is 11.8 Å². The zero-order valence-electron chi connectivity index (χ0n) is 13.4. The zero-order valence-corrected chi connectivity index (χ0v) is 14.2. The van der Waals surface area contributed by atoms with Crippen LogP contribution in [0.4, 0.5) is 5.69 Å². The number of carbonyl (C=O) groups excluding carboxylic acids is 2. The van der Waals surface area contributed by atoms with Crippen LogP contribution in [0.25, 0.3) is 10.8 Å². The van der Waals surface area contributed by atoms with E-state index in [4.69, 9.17) is 0 Å². The van der Waals surface area contributed by atoms with E-state index in [2.05, 4.69) is 15.6 Å². The van der Waals surface area contributed by atoms with Crippen LogP contribution in [0.3, 0.4) is 0 Å². The van der Waals surface area contributed by atoms with Gasteiger partial charge in [-0.25, -0.2) is 0 Å². The first-order valence-electron chi connectivity index (χ1n) is 7.97. The van der Waals surface area contributed by atoms with Crippen LogP contribution in [-0.4, -0.2) is 28.8 Å². The van der Waals surface area contributed by atoms with Gasteiger partial charge in [0.2, 0.25) is 11.8 Å². The molecule has 1 saturated heterocycles. The number of nitrogens with one attached hydrogen (secondary N) is 2. The lowest BCUT2D eigenvalue weighted by atomic mass is 10.1. The molecule has 2 aromatic carbocycles. The molecule has 3 rings (SSSR count). The lowest BCUT2D eigenvalue weighted by Crippen LogP contribution is -2.28. The normalized spacial score (nSPS) is 18.8. The number of hydrogen-bond acceptors (Lipinski definition) is 4. The van der Waals surface area contributed by atoms with Gasteiger partial charge in [-0.05, 0) is 17.9 Å². The maximum Gasteiger partial charge on any atom is 0.240 e. The summed E-state index contributed by atoms with van der Waals surface area (Å²) in [7, 11) is 0. The lowest BCUT2D eigenvalue weighted by molar-refractivity contribution is -0.122. The molecule has 1 fully saturated rings. The second kappa shape index (κ2) is 7.49. The molecular weight excluding hydrogens is 322 g/mol. The molecule has 1 atom stereocenters. The number of anilines is 1. The molecule has 0 bridgehead atoms. The van der Waals surface area contributed by atoms with Crippen molar-refractivity contribution in [2.45, 2.75) is 25.0 Å². The maximum absolute atomic E-state index is 12.3. The van der Waals surface area contributed by atoms with Crippen molar-refractivity contribution in [2.24, 2.45) is 4.99 Å². The average Bonchev–Trinajstić information content (AvgIpc) is 2.93. The van der Waals surface area contributed by atoms with Crippen molar-refractivity contribution in [1.82, 2.24) is 5.32 Å². The minimum Gasteiger partial charge on any atom is -0.325 e. The fourth-order valence-electron chi connectivity index (χ4n) is 2.53. The number of amides is 2. The molecule has 124 valence electrons. The van der Waals surface area contributed by atoms with Crippen LogP contribution in [0.5, 0.6) is 0 Å². The number of thioether (sulfide) groups is 1. The minimum absolute atomic E-state index is 0.130. The molecule has 2 aromatic rings. The Morgan fingerprint density at radius 1 is 1.25 bits per heavy atom. The van der Waals surface area contributed by atoms with Crippen LogP contribution < -0.4 is 10.6 Å². The van der Waals surface area contributed by atoms with E-state index in [1.54, 1.807) is 0 Å². The van der Waals surface area contributed by atoms with E-state index >= 15 is 0 Å². The highest BCUT2D eigenvalue weighted by molar-refractivity contribution is 8.15.